The lowest BCUT2D eigenvalue weighted by Crippen LogP contribution is -2.43. The minimum absolute atomic E-state index is 0.0173. The van der Waals surface area contributed by atoms with Crippen LogP contribution in [0.25, 0.3) is 11.2 Å². The highest BCUT2D eigenvalue weighted by Gasteiger charge is 2.45. The molecule has 1 aliphatic carbocycles. The summed E-state index contributed by atoms with van der Waals surface area (Å²) >= 11 is 0. The molecule has 278 valence electrons. The van der Waals surface area contributed by atoms with Gasteiger partial charge in [-0.05, 0) is 41.3 Å². The summed E-state index contributed by atoms with van der Waals surface area (Å²) < 4.78 is 1.82. The number of urea groups is 1. The lowest BCUT2D eigenvalue weighted by atomic mass is 9.91. The maximum atomic E-state index is 12.8. The molecule has 0 bridgehead atoms. The van der Waals surface area contributed by atoms with Gasteiger partial charge < -0.3 is 35.6 Å². The lowest BCUT2D eigenvalue weighted by molar-refractivity contribution is 0.00473. The van der Waals surface area contributed by atoms with Gasteiger partial charge in [0.25, 0.3) is 0 Å². The smallest absolute Gasteiger partial charge is 0.315 e. The summed E-state index contributed by atoms with van der Waals surface area (Å²) in [6.07, 6.45) is 2.72. The minimum atomic E-state index is -1.14. The van der Waals surface area contributed by atoms with Crippen molar-refractivity contribution in [2.24, 2.45) is 0 Å². The topological polar surface area (TPSA) is 197 Å². The number of carbonyl (C=O) groups excluding carboxylic acids is 1. The maximum Gasteiger partial charge on any atom is 0.315 e. The monoisotopic (exact) mass is 729 g/mol. The van der Waals surface area contributed by atoms with E-state index in [0.29, 0.717) is 74.2 Å². The molecule has 54 heavy (non-hydrogen) atoms. The molecule has 16 heteroatoms. The molecular weight excluding hydrogens is 687 g/mol. The quantitative estimate of drug-likeness (QED) is 0.124. The summed E-state index contributed by atoms with van der Waals surface area (Å²) in [6.45, 7) is 3.90. The van der Waals surface area contributed by atoms with Crippen LogP contribution in [-0.2, 0) is 13.0 Å². The molecule has 16 nitrogen and oxygen atoms in total. The minimum Gasteiger partial charge on any atom is -0.388 e. The standard InChI is InChI=1S/C38H43N13O3/c1-2-31-46-48-51(47-31)30-19-29(33(52)34(30)53)50-23-42-32-35(40-21-28(24-11-5-3-6-12-24)25-13-7-4-8-14-25)44-37(45-36(32)50)49-18-16-27(22-49)43-38(54)41-20-26-15-9-10-17-39-26/h3-15,17,23,27-30,33-34,52-53H,2,16,18-22H2,1H3,(H,40,44,45)(H2,41,43,54)/t27-,29-,30+,33+,34-/m1/s1. The molecule has 0 spiro atoms. The zero-order chi connectivity index (χ0) is 37.0. The third kappa shape index (κ3) is 7.30. The molecule has 1 saturated heterocycles. The number of anilines is 2. The Bertz CT molecular complexity index is 2130. The van der Waals surface area contributed by atoms with Crippen LogP contribution in [0.1, 0.15) is 60.4 Å². The van der Waals surface area contributed by atoms with E-state index in [-0.39, 0.29) is 18.0 Å². The molecule has 1 saturated carbocycles. The van der Waals surface area contributed by atoms with Gasteiger partial charge in [0.2, 0.25) is 5.95 Å². The van der Waals surface area contributed by atoms with Gasteiger partial charge in [-0.25, -0.2) is 9.78 Å². The molecule has 0 unspecified atom stereocenters. The van der Waals surface area contributed by atoms with E-state index in [2.05, 4.69) is 60.6 Å². The Morgan fingerprint density at radius 3 is 2.37 bits per heavy atom. The van der Waals surface area contributed by atoms with E-state index in [0.717, 1.165) is 16.8 Å². The van der Waals surface area contributed by atoms with Gasteiger partial charge in [-0.2, -0.15) is 14.8 Å². The Balaban J connectivity index is 1.08. The van der Waals surface area contributed by atoms with Gasteiger partial charge in [0, 0.05) is 44.2 Å². The van der Waals surface area contributed by atoms with Crippen molar-refractivity contribution in [1.82, 2.24) is 55.3 Å². The van der Waals surface area contributed by atoms with Crippen molar-refractivity contribution in [3.8, 4) is 0 Å². The van der Waals surface area contributed by atoms with Gasteiger partial charge >= 0.3 is 6.03 Å². The van der Waals surface area contributed by atoms with E-state index in [9.17, 15) is 15.0 Å². The SMILES string of the molecule is CCc1nnn([C@H]2C[C@@H](n3cnc4c(NCC(c5ccccc5)c5ccccc5)nc(N5CC[C@@H](NC(=O)NCc6ccccn6)C5)nc43)[C@H](O)[C@@H]2O)n1. The second-order valence-corrected chi connectivity index (χ2v) is 13.8. The van der Waals surface area contributed by atoms with Crippen LogP contribution in [0.3, 0.4) is 0 Å². The number of aryl methyl sites for hydroxylation is 1. The van der Waals surface area contributed by atoms with Crippen LogP contribution in [0.4, 0.5) is 16.6 Å². The summed E-state index contributed by atoms with van der Waals surface area (Å²) in [5, 5.41) is 44.8. The molecule has 5 atom stereocenters. The van der Waals surface area contributed by atoms with E-state index < -0.39 is 24.3 Å². The number of hydrogen-bond acceptors (Lipinski definition) is 12. The third-order valence-electron chi connectivity index (χ3n) is 10.3. The number of carbonyl (C=O) groups is 1. The fraction of sp³-hybridized carbons (Fsp3) is 0.368. The Hall–Kier alpha value is -6.00. The maximum absolute atomic E-state index is 12.8. The molecule has 2 aliphatic rings. The number of benzene rings is 2. The number of rotatable bonds is 12. The van der Waals surface area contributed by atoms with Crippen LogP contribution in [0, 0.1) is 0 Å². The van der Waals surface area contributed by atoms with Crippen LogP contribution in [0.5, 0.6) is 0 Å². The lowest BCUT2D eigenvalue weighted by Gasteiger charge is -2.22. The van der Waals surface area contributed by atoms with Gasteiger partial charge in [-0.1, -0.05) is 73.7 Å². The fourth-order valence-corrected chi connectivity index (χ4v) is 7.41. The Morgan fingerprint density at radius 1 is 0.926 bits per heavy atom. The molecule has 8 rings (SSSR count). The van der Waals surface area contributed by atoms with E-state index in [4.69, 9.17) is 15.0 Å². The first-order valence-corrected chi connectivity index (χ1v) is 18.4. The van der Waals surface area contributed by atoms with Crippen LogP contribution < -0.4 is 20.9 Å². The van der Waals surface area contributed by atoms with Gasteiger partial charge in [-0.3, -0.25) is 4.98 Å². The van der Waals surface area contributed by atoms with Crippen molar-refractivity contribution < 1.29 is 15.0 Å². The molecule has 2 amide bonds. The predicted molar refractivity (Wildman–Crippen MR) is 201 cm³/mol. The highest BCUT2D eigenvalue weighted by molar-refractivity contribution is 5.84. The number of tetrazole rings is 1. The molecule has 1 aliphatic heterocycles. The number of aliphatic hydroxyl groups is 2. The predicted octanol–water partition coefficient (Wildman–Crippen LogP) is 3.00. The van der Waals surface area contributed by atoms with E-state index in [1.54, 1.807) is 12.5 Å². The number of nitrogens with zero attached hydrogens (tertiary/aromatic N) is 10. The molecule has 0 radical (unpaired) electrons. The molecule has 6 aromatic rings. The summed E-state index contributed by atoms with van der Waals surface area (Å²) in [4.78, 5) is 35.4. The van der Waals surface area contributed by atoms with Crippen molar-refractivity contribution in [3.05, 3.63) is 114 Å². The number of aliphatic hydroxyl groups excluding tert-OH is 2. The number of fused-ring (bicyclic) bond motifs is 1. The molecule has 2 aromatic carbocycles. The molecule has 5 heterocycles. The summed E-state index contributed by atoms with van der Waals surface area (Å²) in [7, 11) is 0. The Morgan fingerprint density at radius 2 is 1.67 bits per heavy atom. The average Bonchev–Trinajstić information content (AvgIpc) is 4.03. The van der Waals surface area contributed by atoms with Crippen LogP contribution >= 0.6 is 0 Å². The molecular formula is C38H43N13O3. The van der Waals surface area contributed by atoms with Crippen LogP contribution in [0.15, 0.2) is 91.4 Å². The van der Waals surface area contributed by atoms with Gasteiger partial charge in [0.1, 0.15) is 18.2 Å². The number of amides is 2. The van der Waals surface area contributed by atoms with E-state index in [1.807, 2.05) is 71.0 Å². The second kappa shape index (κ2) is 15.5. The van der Waals surface area contributed by atoms with Crippen LogP contribution in [-0.4, -0.2) is 98.8 Å². The Labute approximate surface area is 311 Å². The number of hydrogen-bond donors (Lipinski definition) is 5. The Kier molecular flexibility index (Phi) is 10.1. The van der Waals surface area contributed by atoms with Gasteiger partial charge in [0.05, 0.1) is 24.6 Å². The highest BCUT2D eigenvalue weighted by Crippen LogP contribution is 2.40. The van der Waals surface area contributed by atoms with Crippen molar-refractivity contribution in [2.75, 3.05) is 29.9 Å². The van der Waals surface area contributed by atoms with E-state index >= 15 is 0 Å². The fourth-order valence-electron chi connectivity index (χ4n) is 7.41. The molecule has 2 fully saturated rings. The zero-order valence-corrected chi connectivity index (χ0v) is 29.8. The number of imidazole rings is 1. The summed E-state index contributed by atoms with van der Waals surface area (Å²) in [5.74, 6) is 1.60. The van der Waals surface area contributed by atoms with Gasteiger partial charge in [-0.15, -0.1) is 10.2 Å². The molecule has 5 N–H and O–H groups in total. The largest absolute Gasteiger partial charge is 0.388 e. The number of aromatic nitrogens is 9. The van der Waals surface area contributed by atoms with Crippen molar-refractivity contribution in [2.45, 2.75) is 69.0 Å². The number of nitrogens with one attached hydrogen (secondary N) is 3. The first kappa shape index (κ1) is 35.1. The summed E-state index contributed by atoms with van der Waals surface area (Å²) in [5.41, 5.74) is 4.14. The third-order valence-corrected chi connectivity index (χ3v) is 10.3. The first-order chi connectivity index (χ1) is 26.4. The highest BCUT2D eigenvalue weighted by atomic mass is 16.3. The van der Waals surface area contributed by atoms with Gasteiger partial charge in [0.15, 0.2) is 22.8 Å². The number of pyridine rings is 1. The van der Waals surface area contributed by atoms with E-state index in [1.165, 1.54) is 4.80 Å². The summed E-state index contributed by atoms with van der Waals surface area (Å²) in [6, 6.07) is 24.7. The van der Waals surface area contributed by atoms with Crippen molar-refractivity contribution in [1.29, 1.82) is 0 Å². The molecule has 4 aromatic heterocycles. The first-order valence-electron chi connectivity index (χ1n) is 18.4. The second-order valence-electron chi connectivity index (χ2n) is 13.8. The normalized spacial score (nSPS) is 21.2. The zero-order valence-electron chi connectivity index (χ0n) is 29.8. The van der Waals surface area contributed by atoms with Crippen molar-refractivity contribution >= 4 is 29.0 Å². The van der Waals surface area contributed by atoms with Crippen LogP contribution in [0.2, 0.25) is 0 Å². The van der Waals surface area contributed by atoms with Crippen molar-refractivity contribution in [3.63, 3.8) is 0 Å². The average molecular weight is 730 g/mol.